The van der Waals surface area contributed by atoms with E-state index in [9.17, 15) is 0 Å². The molecule has 0 aliphatic carbocycles. The fourth-order valence-electron chi connectivity index (χ4n) is 1.51. The van der Waals surface area contributed by atoms with Crippen molar-refractivity contribution in [3.8, 4) is 0 Å². The van der Waals surface area contributed by atoms with Crippen molar-refractivity contribution in [3.63, 3.8) is 0 Å². The van der Waals surface area contributed by atoms with Crippen molar-refractivity contribution in [2.75, 3.05) is 18.5 Å². The quantitative estimate of drug-likeness (QED) is 0.847. The minimum absolute atomic E-state index is 0.201. The van der Waals surface area contributed by atoms with Gasteiger partial charge in [-0.1, -0.05) is 22.0 Å². The van der Waals surface area contributed by atoms with Gasteiger partial charge in [-0.3, -0.25) is 0 Å². The standard InChI is InChI=1S/C12H13BrN2O/c13-10-3-1-4-11-9(10)5-6-12(15-11)14-7-2-8-16/h1,3-6,16H,2,7-8H2,(H,14,15). The molecule has 84 valence electrons. The number of benzene rings is 1. The van der Waals surface area contributed by atoms with Gasteiger partial charge in [-0.15, -0.1) is 0 Å². The predicted octanol–water partition coefficient (Wildman–Crippen LogP) is 2.79. The molecule has 0 unspecified atom stereocenters. The van der Waals surface area contributed by atoms with Crippen molar-refractivity contribution < 1.29 is 5.11 Å². The Balaban J connectivity index is 2.23. The SMILES string of the molecule is OCCCNc1ccc2c(Br)cccc2n1. The molecule has 0 amide bonds. The molecule has 0 radical (unpaired) electrons. The average molecular weight is 281 g/mol. The third-order valence-electron chi connectivity index (χ3n) is 2.32. The van der Waals surface area contributed by atoms with Crippen LogP contribution in [-0.2, 0) is 0 Å². The molecule has 0 aliphatic heterocycles. The highest BCUT2D eigenvalue weighted by atomic mass is 79.9. The molecule has 0 saturated heterocycles. The van der Waals surface area contributed by atoms with Gasteiger partial charge < -0.3 is 10.4 Å². The largest absolute Gasteiger partial charge is 0.396 e. The molecule has 2 aromatic rings. The van der Waals surface area contributed by atoms with Crippen LogP contribution < -0.4 is 5.32 Å². The Kier molecular flexibility index (Phi) is 3.74. The molecular formula is C12H13BrN2O. The highest BCUT2D eigenvalue weighted by molar-refractivity contribution is 9.10. The second-order valence-electron chi connectivity index (χ2n) is 3.51. The van der Waals surface area contributed by atoms with Gasteiger partial charge in [-0.25, -0.2) is 4.98 Å². The number of hydrogen-bond acceptors (Lipinski definition) is 3. The summed E-state index contributed by atoms with van der Waals surface area (Å²) < 4.78 is 1.06. The molecule has 0 saturated carbocycles. The average Bonchev–Trinajstić information content (AvgIpc) is 2.30. The van der Waals surface area contributed by atoms with Crippen LogP contribution in [0.5, 0.6) is 0 Å². The molecule has 3 nitrogen and oxygen atoms in total. The number of pyridine rings is 1. The zero-order valence-electron chi connectivity index (χ0n) is 8.78. The van der Waals surface area contributed by atoms with Crippen LogP contribution in [0.25, 0.3) is 10.9 Å². The molecule has 0 aliphatic rings. The molecule has 0 bridgehead atoms. The third-order valence-corrected chi connectivity index (χ3v) is 3.01. The highest BCUT2D eigenvalue weighted by Gasteiger charge is 2.00. The number of hydrogen-bond donors (Lipinski definition) is 2. The van der Waals surface area contributed by atoms with E-state index in [1.54, 1.807) is 0 Å². The van der Waals surface area contributed by atoms with Crippen LogP contribution in [0.1, 0.15) is 6.42 Å². The minimum atomic E-state index is 0.201. The number of rotatable bonds is 4. The number of fused-ring (bicyclic) bond motifs is 1. The first-order valence-electron chi connectivity index (χ1n) is 5.21. The second-order valence-corrected chi connectivity index (χ2v) is 4.36. The Morgan fingerprint density at radius 1 is 1.25 bits per heavy atom. The Bertz CT molecular complexity index is 487. The lowest BCUT2D eigenvalue weighted by Crippen LogP contribution is -2.04. The first-order valence-corrected chi connectivity index (χ1v) is 6.00. The molecule has 1 aromatic heterocycles. The smallest absolute Gasteiger partial charge is 0.126 e. The Morgan fingerprint density at radius 3 is 2.94 bits per heavy atom. The number of anilines is 1. The maximum absolute atomic E-state index is 8.69. The van der Waals surface area contributed by atoms with Gasteiger partial charge in [0.25, 0.3) is 0 Å². The molecule has 0 spiro atoms. The molecule has 16 heavy (non-hydrogen) atoms. The van der Waals surface area contributed by atoms with E-state index >= 15 is 0 Å². The Labute approximate surface area is 103 Å². The van der Waals surface area contributed by atoms with Gasteiger partial charge >= 0.3 is 0 Å². The van der Waals surface area contributed by atoms with Gasteiger partial charge in [0.2, 0.25) is 0 Å². The number of nitrogens with one attached hydrogen (secondary N) is 1. The fourth-order valence-corrected chi connectivity index (χ4v) is 2.00. The van der Waals surface area contributed by atoms with E-state index in [2.05, 4.69) is 26.2 Å². The topological polar surface area (TPSA) is 45.1 Å². The van der Waals surface area contributed by atoms with Gasteiger partial charge in [-0.2, -0.15) is 0 Å². The van der Waals surface area contributed by atoms with Crippen LogP contribution in [0.3, 0.4) is 0 Å². The summed E-state index contributed by atoms with van der Waals surface area (Å²) in [6, 6.07) is 9.94. The van der Waals surface area contributed by atoms with Crippen molar-refractivity contribution in [2.45, 2.75) is 6.42 Å². The third kappa shape index (κ3) is 2.51. The Morgan fingerprint density at radius 2 is 2.12 bits per heavy atom. The van der Waals surface area contributed by atoms with Crippen LogP contribution in [0.15, 0.2) is 34.8 Å². The first kappa shape index (κ1) is 11.4. The summed E-state index contributed by atoms with van der Waals surface area (Å²) in [5, 5.41) is 13.0. The van der Waals surface area contributed by atoms with Gasteiger partial charge in [0.05, 0.1) is 5.52 Å². The van der Waals surface area contributed by atoms with E-state index in [1.807, 2.05) is 30.3 Å². The fraction of sp³-hybridized carbons (Fsp3) is 0.250. The first-order chi connectivity index (χ1) is 7.81. The van der Waals surface area contributed by atoms with E-state index in [0.29, 0.717) is 0 Å². The molecule has 2 N–H and O–H groups in total. The van der Waals surface area contributed by atoms with Gasteiger partial charge in [0, 0.05) is 23.0 Å². The molecule has 1 heterocycles. The molecule has 1 aromatic carbocycles. The molecule has 4 heteroatoms. The van der Waals surface area contributed by atoms with E-state index in [4.69, 9.17) is 5.11 Å². The summed E-state index contributed by atoms with van der Waals surface area (Å²) in [6.07, 6.45) is 0.734. The van der Waals surface area contributed by atoms with E-state index < -0.39 is 0 Å². The maximum atomic E-state index is 8.69. The normalized spacial score (nSPS) is 10.6. The number of nitrogens with zero attached hydrogens (tertiary/aromatic N) is 1. The molecule has 0 atom stereocenters. The van der Waals surface area contributed by atoms with Crippen molar-refractivity contribution in [2.24, 2.45) is 0 Å². The van der Waals surface area contributed by atoms with Crippen molar-refractivity contribution in [1.82, 2.24) is 4.98 Å². The van der Waals surface area contributed by atoms with Crippen LogP contribution in [0.2, 0.25) is 0 Å². The summed E-state index contributed by atoms with van der Waals surface area (Å²) in [6.45, 7) is 0.940. The van der Waals surface area contributed by atoms with Gasteiger partial charge in [0.1, 0.15) is 5.82 Å². The van der Waals surface area contributed by atoms with Crippen LogP contribution >= 0.6 is 15.9 Å². The van der Waals surface area contributed by atoms with Crippen molar-refractivity contribution in [3.05, 3.63) is 34.8 Å². The summed E-state index contributed by atoms with van der Waals surface area (Å²) in [5.41, 5.74) is 0.961. The lowest BCUT2D eigenvalue weighted by molar-refractivity contribution is 0.292. The van der Waals surface area contributed by atoms with Crippen molar-refractivity contribution >= 4 is 32.7 Å². The second kappa shape index (κ2) is 5.27. The Hall–Kier alpha value is -1.13. The van der Waals surface area contributed by atoms with Gasteiger partial charge in [0.15, 0.2) is 0 Å². The van der Waals surface area contributed by atoms with Crippen LogP contribution in [0, 0.1) is 0 Å². The molecule has 2 rings (SSSR count). The number of halogens is 1. The highest BCUT2D eigenvalue weighted by Crippen LogP contribution is 2.23. The number of aromatic nitrogens is 1. The van der Waals surface area contributed by atoms with Crippen molar-refractivity contribution in [1.29, 1.82) is 0 Å². The number of aliphatic hydroxyl groups excluding tert-OH is 1. The summed E-state index contributed by atoms with van der Waals surface area (Å²) in [4.78, 5) is 4.49. The van der Waals surface area contributed by atoms with Crippen LogP contribution in [0.4, 0.5) is 5.82 Å². The van der Waals surface area contributed by atoms with E-state index in [0.717, 1.165) is 34.2 Å². The van der Waals surface area contributed by atoms with Gasteiger partial charge in [-0.05, 0) is 30.7 Å². The maximum Gasteiger partial charge on any atom is 0.126 e. The number of aliphatic hydroxyl groups is 1. The summed E-state index contributed by atoms with van der Waals surface area (Å²) >= 11 is 3.49. The van der Waals surface area contributed by atoms with Crippen LogP contribution in [-0.4, -0.2) is 23.2 Å². The lowest BCUT2D eigenvalue weighted by Gasteiger charge is -2.06. The minimum Gasteiger partial charge on any atom is -0.396 e. The zero-order chi connectivity index (χ0) is 11.4. The zero-order valence-corrected chi connectivity index (χ0v) is 10.4. The van der Waals surface area contributed by atoms with E-state index in [-0.39, 0.29) is 6.61 Å². The molecule has 0 fully saturated rings. The summed E-state index contributed by atoms with van der Waals surface area (Å²) in [7, 11) is 0. The monoisotopic (exact) mass is 280 g/mol. The van der Waals surface area contributed by atoms with E-state index in [1.165, 1.54) is 0 Å². The molecular weight excluding hydrogens is 268 g/mol. The lowest BCUT2D eigenvalue weighted by atomic mass is 10.2. The predicted molar refractivity (Wildman–Crippen MR) is 69.6 cm³/mol. The summed E-state index contributed by atoms with van der Waals surface area (Å²) in [5.74, 6) is 0.846.